The summed E-state index contributed by atoms with van der Waals surface area (Å²) in [6, 6.07) is 80.6. The smallest absolute Gasteiger partial charge is 0.137 e. The molecular weight excluding hydrogens is 703 g/mol. The Morgan fingerprint density at radius 3 is 1.24 bits per heavy atom. The molecule has 2 nitrogen and oxygen atoms in total. The van der Waals surface area contributed by atoms with Crippen LogP contribution in [0.5, 0.6) is 0 Å². The molecule has 272 valence electrons. The summed E-state index contributed by atoms with van der Waals surface area (Å²) in [5.74, 6) is 0. The lowest BCUT2D eigenvalue weighted by molar-refractivity contribution is 0.669. The zero-order valence-electron chi connectivity index (χ0n) is 31.7. The molecule has 1 heterocycles. The molecule has 2 heteroatoms. The normalized spacial score (nSPS) is 11.4. The molecule has 0 spiro atoms. The Morgan fingerprint density at radius 2 is 0.655 bits per heavy atom. The summed E-state index contributed by atoms with van der Waals surface area (Å²) in [6.07, 6.45) is 0. The number of anilines is 3. The molecule has 0 fully saturated rings. The van der Waals surface area contributed by atoms with Crippen molar-refractivity contribution in [1.29, 1.82) is 0 Å². The molecule has 0 saturated carbocycles. The Bertz CT molecular complexity index is 3240. The zero-order valence-corrected chi connectivity index (χ0v) is 31.7. The monoisotopic (exact) mass is 739 g/mol. The van der Waals surface area contributed by atoms with Crippen molar-refractivity contribution in [2.24, 2.45) is 0 Å². The van der Waals surface area contributed by atoms with Crippen LogP contribution in [-0.4, -0.2) is 0 Å². The maximum Gasteiger partial charge on any atom is 0.137 e. The van der Waals surface area contributed by atoms with E-state index in [2.05, 4.69) is 217 Å². The molecule has 0 aliphatic carbocycles. The van der Waals surface area contributed by atoms with Crippen molar-refractivity contribution in [1.82, 2.24) is 0 Å². The fourth-order valence-electron chi connectivity index (χ4n) is 8.66. The first-order valence-electron chi connectivity index (χ1n) is 19.8. The summed E-state index contributed by atoms with van der Waals surface area (Å²) >= 11 is 0. The molecule has 0 unspecified atom stereocenters. The lowest BCUT2D eigenvalue weighted by atomic mass is 9.90. The van der Waals surface area contributed by atoms with Gasteiger partial charge >= 0.3 is 0 Å². The predicted molar refractivity (Wildman–Crippen MR) is 245 cm³/mol. The minimum absolute atomic E-state index is 0.862. The van der Waals surface area contributed by atoms with Crippen molar-refractivity contribution in [3.63, 3.8) is 0 Å². The number of furan rings is 1. The van der Waals surface area contributed by atoms with Gasteiger partial charge in [-0.2, -0.15) is 0 Å². The summed E-state index contributed by atoms with van der Waals surface area (Å²) in [5.41, 5.74) is 14.5. The molecule has 11 aromatic rings. The maximum atomic E-state index is 6.51. The summed E-state index contributed by atoms with van der Waals surface area (Å²) in [7, 11) is 0. The van der Waals surface area contributed by atoms with Gasteiger partial charge in [-0.3, -0.25) is 0 Å². The van der Waals surface area contributed by atoms with E-state index < -0.39 is 0 Å². The Morgan fingerprint density at radius 1 is 0.259 bits per heavy atom. The van der Waals surface area contributed by atoms with Gasteiger partial charge in [-0.1, -0.05) is 188 Å². The lowest BCUT2D eigenvalue weighted by Gasteiger charge is -2.30. The number of rotatable bonds is 7. The van der Waals surface area contributed by atoms with Crippen molar-refractivity contribution >= 4 is 60.5 Å². The van der Waals surface area contributed by atoms with Crippen LogP contribution >= 0.6 is 0 Å². The van der Waals surface area contributed by atoms with Crippen molar-refractivity contribution in [2.75, 3.05) is 4.90 Å². The number of hydrogen-bond acceptors (Lipinski definition) is 2. The van der Waals surface area contributed by atoms with Gasteiger partial charge in [0.05, 0.1) is 5.69 Å². The van der Waals surface area contributed by atoms with Gasteiger partial charge in [0, 0.05) is 39.2 Å². The zero-order chi connectivity index (χ0) is 38.4. The van der Waals surface area contributed by atoms with Crippen molar-refractivity contribution in [3.8, 4) is 44.5 Å². The van der Waals surface area contributed by atoms with E-state index in [0.717, 1.165) is 44.6 Å². The maximum absolute atomic E-state index is 6.51. The Hall–Kier alpha value is -7.68. The van der Waals surface area contributed by atoms with Gasteiger partial charge in [-0.15, -0.1) is 0 Å². The Kier molecular flexibility index (Phi) is 8.19. The number of nitrogens with zero attached hydrogens (tertiary/aromatic N) is 1. The molecular formula is C56H37NO. The van der Waals surface area contributed by atoms with E-state index >= 15 is 0 Å². The van der Waals surface area contributed by atoms with Crippen LogP contribution in [0.2, 0.25) is 0 Å². The van der Waals surface area contributed by atoms with Crippen LogP contribution in [0.25, 0.3) is 88.0 Å². The molecule has 10 aromatic carbocycles. The molecule has 0 atom stereocenters. The highest BCUT2D eigenvalue weighted by Crippen LogP contribution is 2.50. The molecule has 58 heavy (non-hydrogen) atoms. The second-order valence-corrected chi connectivity index (χ2v) is 14.9. The Balaban J connectivity index is 1.05. The van der Waals surface area contributed by atoms with E-state index in [1.165, 1.54) is 60.5 Å². The highest BCUT2D eigenvalue weighted by Gasteiger charge is 2.24. The van der Waals surface area contributed by atoms with Crippen LogP contribution in [0.4, 0.5) is 17.1 Å². The third kappa shape index (κ3) is 5.82. The minimum Gasteiger partial charge on any atom is -0.456 e. The molecule has 0 amide bonds. The SMILES string of the molecule is c1ccc(-c2ccc(-c3ccc(-c4ccc(N(c5ccc6c(c5)oc5ccccc56)c5c(-c6ccccc6)c6ccccc6c6ccccc56)cc4)cc3)cc2)cc1. The molecule has 11 rings (SSSR count). The van der Waals surface area contributed by atoms with E-state index in [4.69, 9.17) is 4.42 Å². The summed E-state index contributed by atoms with van der Waals surface area (Å²) < 4.78 is 6.51. The van der Waals surface area contributed by atoms with Crippen LogP contribution in [0.1, 0.15) is 0 Å². The second-order valence-electron chi connectivity index (χ2n) is 14.9. The number of para-hydroxylation sites is 1. The van der Waals surface area contributed by atoms with E-state index in [9.17, 15) is 0 Å². The van der Waals surface area contributed by atoms with Crippen molar-refractivity contribution in [3.05, 3.63) is 224 Å². The van der Waals surface area contributed by atoms with E-state index in [-0.39, 0.29) is 0 Å². The minimum atomic E-state index is 0.862. The third-order valence-corrected chi connectivity index (χ3v) is 11.5. The van der Waals surface area contributed by atoms with Gasteiger partial charge in [0.25, 0.3) is 0 Å². The largest absolute Gasteiger partial charge is 0.456 e. The van der Waals surface area contributed by atoms with Crippen molar-refractivity contribution < 1.29 is 4.42 Å². The fourth-order valence-corrected chi connectivity index (χ4v) is 8.66. The van der Waals surface area contributed by atoms with Gasteiger partial charge in [0.1, 0.15) is 11.2 Å². The van der Waals surface area contributed by atoms with Crippen LogP contribution in [0, 0.1) is 0 Å². The van der Waals surface area contributed by atoms with Gasteiger partial charge < -0.3 is 9.32 Å². The first-order chi connectivity index (χ1) is 28.8. The third-order valence-electron chi connectivity index (χ3n) is 11.5. The van der Waals surface area contributed by atoms with Crippen LogP contribution in [0.3, 0.4) is 0 Å². The van der Waals surface area contributed by atoms with Gasteiger partial charge in [0.2, 0.25) is 0 Å². The fraction of sp³-hybridized carbons (Fsp3) is 0. The lowest BCUT2D eigenvalue weighted by Crippen LogP contribution is -2.12. The number of fused-ring (bicyclic) bond motifs is 6. The van der Waals surface area contributed by atoms with Gasteiger partial charge in [-0.25, -0.2) is 0 Å². The number of benzene rings is 10. The van der Waals surface area contributed by atoms with E-state index in [1.807, 2.05) is 12.1 Å². The standard InChI is InChI=1S/C56H37NO/c1-3-13-38(14-4-1)39-23-25-40(26-24-39)41-27-29-42(30-28-41)43-31-33-45(34-32-43)57(46-35-36-50-49-19-11-12-22-53(49)58-54(50)37-46)56-52-21-10-8-18-48(52)47-17-7-9-20-51(47)55(56)44-15-5-2-6-16-44/h1-37H. The van der Waals surface area contributed by atoms with Crippen molar-refractivity contribution in [2.45, 2.75) is 0 Å². The van der Waals surface area contributed by atoms with Gasteiger partial charge in [-0.05, 0) is 85.4 Å². The van der Waals surface area contributed by atoms with Crippen LogP contribution in [0.15, 0.2) is 229 Å². The van der Waals surface area contributed by atoms with E-state index in [0.29, 0.717) is 0 Å². The highest BCUT2D eigenvalue weighted by atomic mass is 16.3. The summed E-state index contributed by atoms with van der Waals surface area (Å²) in [5, 5.41) is 7.08. The first-order valence-corrected chi connectivity index (χ1v) is 19.8. The predicted octanol–water partition coefficient (Wildman–Crippen LogP) is 16.0. The molecule has 0 bridgehead atoms. The average molecular weight is 740 g/mol. The second kappa shape index (κ2) is 14.1. The molecule has 0 N–H and O–H groups in total. The quantitative estimate of drug-likeness (QED) is 0.151. The molecule has 0 radical (unpaired) electrons. The summed E-state index contributed by atoms with van der Waals surface area (Å²) in [4.78, 5) is 2.43. The molecule has 0 aliphatic heterocycles. The van der Waals surface area contributed by atoms with Crippen LogP contribution in [-0.2, 0) is 0 Å². The Labute approximate surface area is 337 Å². The van der Waals surface area contributed by atoms with E-state index in [1.54, 1.807) is 0 Å². The molecule has 0 aliphatic rings. The van der Waals surface area contributed by atoms with Crippen LogP contribution < -0.4 is 4.90 Å². The first kappa shape index (κ1) is 33.6. The summed E-state index contributed by atoms with van der Waals surface area (Å²) in [6.45, 7) is 0. The molecule has 0 saturated heterocycles. The molecule has 1 aromatic heterocycles. The highest BCUT2D eigenvalue weighted by molar-refractivity contribution is 6.22. The van der Waals surface area contributed by atoms with Gasteiger partial charge in [0.15, 0.2) is 0 Å². The number of hydrogen-bond donors (Lipinski definition) is 0. The topological polar surface area (TPSA) is 16.4 Å². The average Bonchev–Trinajstić information content (AvgIpc) is 3.68.